The molecule has 0 spiro atoms. The van der Waals surface area contributed by atoms with Crippen LogP contribution < -0.4 is 0 Å². The zero-order valence-corrected chi connectivity index (χ0v) is 9.24. The summed E-state index contributed by atoms with van der Waals surface area (Å²) in [7, 11) is 0.917. The number of halogens is 4. The number of ketones is 1. The number of rotatable bonds is 3. The van der Waals surface area contributed by atoms with E-state index in [9.17, 15) is 22.8 Å². The normalized spacial score (nSPS) is 12.5. The second kappa shape index (κ2) is 4.38. The van der Waals surface area contributed by atoms with Gasteiger partial charge in [0.1, 0.15) is 0 Å². The van der Waals surface area contributed by atoms with Crippen LogP contribution in [-0.4, -0.2) is 41.2 Å². The Bertz CT molecular complexity index is 276. The minimum absolute atomic E-state index is 0.345. The second-order valence-electron chi connectivity index (χ2n) is 3.48. The maximum atomic E-state index is 12.1. The van der Waals surface area contributed by atoms with E-state index in [1.54, 1.807) is 0 Å². The van der Waals surface area contributed by atoms with Crippen molar-refractivity contribution in [3.63, 3.8) is 0 Å². The molecule has 0 N–H and O–H groups in total. The first-order valence-corrected chi connectivity index (χ1v) is 4.52. The lowest BCUT2D eigenvalue weighted by atomic mass is 9.98. The van der Waals surface area contributed by atoms with E-state index in [2.05, 4.69) is 0 Å². The Kier molecular flexibility index (Phi) is 4.16. The molecule has 0 saturated carbocycles. The lowest BCUT2D eigenvalue weighted by Crippen LogP contribution is -2.55. The summed E-state index contributed by atoms with van der Waals surface area (Å²) in [6.45, 7) is 2.42. The predicted molar refractivity (Wildman–Crippen MR) is 48.6 cm³/mol. The highest BCUT2D eigenvalue weighted by atomic mass is 35.5. The number of Topliss-reactive ketones (excluding diaryl/α,β-unsaturated/α-hetero) is 1. The molecule has 0 aromatic rings. The molecule has 0 bridgehead atoms. The fourth-order valence-corrected chi connectivity index (χ4v) is 1.12. The van der Waals surface area contributed by atoms with Crippen molar-refractivity contribution in [3.8, 4) is 0 Å². The van der Waals surface area contributed by atoms with Gasteiger partial charge in [0.2, 0.25) is 0 Å². The fraction of sp³-hybridized carbons (Fsp3) is 0.750. The van der Waals surface area contributed by atoms with Crippen LogP contribution in [0.1, 0.15) is 13.8 Å². The van der Waals surface area contributed by atoms with Gasteiger partial charge in [-0.05, 0) is 13.8 Å². The van der Waals surface area contributed by atoms with E-state index in [1.807, 2.05) is 0 Å². The van der Waals surface area contributed by atoms with Crippen molar-refractivity contribution in [1.82, 2.24) is 4.90 Å². The van der Waals surface area contributed by atoms with Gasteiger partial charge in [-0.2, -0.15) is 13.2 Å². The van der Waals surface area contributed by atoms with Gasteiger partial charge in [0.05, 0.1) is 11.4 Å². The van der Waals surface area contributed by atoms with Gasteiger partial charge in [0.15, 0.2) is 5.78 Å². The molecule has 0 aliphatic rings. The first-order valence-electron chi connectivity index (χ1n) is 3.99. The van der Waals surface area contributed by atoms with Crippen LogP contribution in [0.2, 0.25) is 0 Å². The standard InChI is InChI=1S/C8H11ClF3NO2/c1-7(2,5(14)4-9)13(3)6(15)8(10,11)12/h4H2,1-3H3. The Labute approximate surface area is 90.2 Å². The molecule has 0 aromatic carbocycles. The molecule has 0 aliphatic carbocycles. The molecule has 15 heavy (non-hydrogen) atoms. The maximum absolute atomic E-state index is 12.1. The van der Waals surface area contributed by atoms with Crippen LogP contribution in [0.3, 0.4) is 0 Å². The Morgan fingerprint density at radius 3 is 1.93 bits per heavy atom. The Morgan fingerprint density at radius 1 is 1.27 bits per heavy atom. The fourth-order valence-electron chi connectivity index (χ4n) is 0.795. The number of alkyl halides is 4. The summed E-state index contributed by atoms with van der Waals surface area (Å²) < 4.78 is 36.2. The lowest BCUT2D eigenvalue weighted by Gasteiger charge is -2.34. The molecule has 0 fully saturated rings. The number of carbonyl (C=O) groups is 2. The van der Waals surface area contributed by atoms with E-state index < -0.39 is 29.3 Å². The van der Waals surface area contributed by atoms with Crippen LogP contribution in [0, 0.1) is 0 Å². The third-order valence-corrected chi connectivity index (χ3v) is 2.43. The molecule has 0 unspecified atom stereocenters. The van der Waals surface area contributed by atoms with Gasteiger partial charge in [-0.25, -0.2) is 0 Å². The minimum Gasteiger partial charge on any atom is -0.326 e. The molecule has 1 amide bonds. The van der Waals surface area contributed by atoms with Crippen molar-refractivity contribution in [3.05, 3.63) is 0 Å². The highest BCUT2D eigenvalue weighted by Gasteiger charge is 2.47. The Balaban J connectivity index is 4.93. The smallest absolute Gasteiger partial charge is 0.326 e. The maximum Gasteiger partial charge on any atom is 0.471 e. The molecular formula is C8H11ClF3NO2. The summed E-state index contributed by atoms with van der Waals surface area (Å²) >= 11 is 5.23. The van der Waals surface area contributed by atoms with E-state index in [-0.39, 0.29) is 0 Å². The average Bonchev–Trinajstić information content (AvgIpc) is 2.12. The molecule has 0 heterocycles. The third-order valence-electron chi connectivity index (χ3n) is 2.19. The monoisotopic (exact) mass is 245 g/mol. The number of hydrogen-bond donors (Lipinski definition) is 0. The molecule has 7 heteroatoms. The van der Waals surface area contributed by atoms with Gasteiger partial charge in [0, 0.05) is 7.05 Å². The molecule has 0 atom stereocenters. The van der Waals surface area contributed by atoms with E-state index in [4.69, 9.17) is 11.6 Å². The van der Waals surface area contributed by atoms with Gasteiger partial charge >= 0.3 is 12.1 Å². The topological polar surface area (TPSA) is 37.4 Å². The van der Waals surface area contributed by atoms with Crippen LogP contribution in [0.15, 0.2) is 0 Å². The SMILES string of the molecule is CN(C(=O)C(F)(F)F)C(C)(C)C(=O)CCl. The summed E-state index contributed by atoms with van der Waals surface area (Å²) in [5.41, 5.74) is -1.56. The first kappa shape index (κ1) is 14.2. The number of hydrogen-bond acceptors (Lipinski definition) is 2. The third kappa shape index (κ3) is 3.09. The number of nitrogens with zero attached hydrogens (tertiary/aromatic N) is 1. The van der Waals surface area contributed by atoms with Crippen molar-refractivity contribution in [2.24, 2.45) is 0 Å². The lowest BCUT2D eigenvalue weighted by molar-refractivity contribution is -0.189. The summed E-state index contributed by atoms with van der Waals surface area (Å²) in [6.07, 6.45) is -4.99. The number of carbonyl (C=O) groups excluding carboxylic acids is 2. The summed E-state index contributed by atoms with van der Waals surface area (Å²) in [4.78, 5) is 22.4. The quantitative estimate of drug-likeness (QED) is 0.708. The Morgan fingerprint density at radius 2 is 1.67 bits per heavy atom. The van der Waals surface area contributed by atoms with E-state index in [0.29, 0.717) is 4.90 Å². The highest BCUT2D eigenvalue weighted by Crippen LogP contribution is 2.23. The highest BCUT2D eigenvalue weighted by molar-refractivity contribution is 6.29. The number of amides is 1. The minimum atomic E-state index is -4.99. The molecule has 0 radical (unpaired) electrons. The average molecular weight is 246 g/mol. The van der Waals surface area contributed by atoms with Crippen LogP contribution in [0.25, 0.3) is 0 Å². The van der Waals surface area contributed by atoms with Gasteiger partial charge in [0.25, 0.3) is 0 Å². The zero-order valence-electron chi connectivity index (χ0n) is 8.48. The second-order valence-corrected chi connectivity index (χ2v) is 3.75. The number of likely N-dealkylation sites (N-methyl/N-ethyl adjacent to an activating group) is 1. The van der Waals surface area contributed by atoms with Crippen LogP contribution in [-0.2, 0) is 9.59 Å². The molecule has 3 nitrogen and oxygen atoms in total. The van der Waals surface area contributed by atoms with Gasteiger partial charge in [-0.15, -0.1) is 11.6 Å². The first-order chi connectivity index (χ1) is 6.55. The van der Waals surface area contributed by atoms with Crippen molar-refractivity contribution >= 4 is 23.3 Å². The largest absolute Gasteiger partial charge is 0.471 e. The van der Waals surface area contributed by atoms with E-state index >= 15 is 0 Å². The zero-order chi connectivity index (χ0) is 12.4. The molecule has 88 valence electrons. The van der Waals surface area contributed by atoms with Crippen LogP contribution in [0.5, 0.6) is 0 Å². The molecule has 0 aromatic heterocycles. The van der Waals surface area contributed by atoms with Gasteiger partial charge in [-0.1, -0.05) is 0 Å². The van der Waals surface area contributed by atoms with Crippen molar-refractivity contribution in [2.75, 3.05) is 12.9 Å². The van der Waals surface area contributed by atoms with E-state index in [0.717, 1.165) is 7.05 Å². The van der Waals surface area contributed by atoms with Crippen molar-refractivity contribution in [2.45, 2.75) is 25.6 Å². The van der Waals surface area contributed by atoms with Crippen molar-refractivity contribution < 1.29 is 22.8 Å². The summed E-state index contributed by atoms with van der Waals surface area (Å²) in [6, 6.07) is 0. The van der Waals surface area contributed by atoms with Gasteiger partial charge in [-0.3, -0.25) is 9.59 Å². The van der Waals surface area contributed by atoms with Crippen LogP contribution in [0.4, 0.5) is 13.2 Å². The predicted octanol–water partition coefficient (Wildman–Crippen LogP) is 1.59. The molecular weight excluding hydrogens is 235 g/mol. The molecule has 0 rings (SSSR count). The summed E-state index contributed by atoms with van der Waals surface area (Å²) in [5.74, 6) is -3.15. The van der Waals surface area contributed by atoms with Crippen molar-refractivity contribution in [1.29, 1.82) is 0 Å². The van der Waals surface area contributed by atoms with E-state index in [1.165, 1.54) is 13.8 Å². The Hall–Kier alpha value is -0.780. The molecule has 0 saturated heterocycles. The van der Waals surface area contributed by atoms with Crippen LogP contribution >= 0.6 is 11.6 Å². The van der Waals surface area contributed by atoms with Gasteiger partial charge < -0.3 is 4.90 Å². The summed E-state index contributed by atoms with van der Waals surface area (Å²) in [5, 5.41) is 0. The molecule has 0 aliphatic heterocycles.